The lowest BCUT2D eigenvalue weighted by atomic mass is 10.1. The monoisotopic (exact) mass is 176 g/mol. The second kappa shape index (κ2) is 4.78. The Bertz CT molecular complexity index is 132. The molecule has 0 saturated carbocycles. The van der Waals surface area contributed by atoms with Crippen molar-refractivity contribution in [2.24, 2.45) is 0 Å². The second-order valence-corrected chi connectivity index (χ2v) is 3.57. The van der Waals surface area contributed by atoms with E-state index < -0.39 is 4.93 Å². The predicted molar refractivity (Wildman–Crippen MR) is 48.8 cm³/mol. The lowest BCUT2D eigenvalue weighted by Crippen LogP contribution is -2.29. The first-order valence-electron chi connectivity index (χ1n) is 3.96. The molecule has 1 N–H and O–H groups in total. The van der Waals surface area contributed by atoms with Crippen LogP contribution in [0.3, 0.4) is 0 Å². The highest BCUT2D eigenvalue weighted by Gasteiger charge is 2.26. The zero-order chi connectivity index (χ0) is 8.91. The Morgan fingerprint density at radius 3 is 2.45 bits per heavy atom. The minimum Gasteiger partial charge on any atom is -0.372 e. The number of rotatable bonds is 5. The third-order valence-corrected chi connectivity index (χ3v) is 2.23. The normalized spacial score (nSPS) is 16.0. The van der Waals surface area contributed by atoms with Gasteiger partial charge in [0.1, 0.15) is 0 Å². The first-order valence-corrected chi connectivity index (χ1v) is 4.41. The van der Waals surface area contributed by atoms with Gasteiger partial charge in [0, 0.05) is 0 Å². The van der Waals surface area contributed by atoms with Gasteiger partial charge in [-0.3, -0.25) is 4.79 Å². The summed E-state index contributed by atoms with van der Waals surface area (Å²) >= 11 is 3.86. The van der Waals surface area contributed by atoms with Crippen LogP contribution in [0.4, 0.5) is 0 Å². The van der Waals surface area contributed by atoms with Gasteiger partial charge >= 0.3 is 0 Å². The molecule has 0 saturated heterocycles. The Hall–Kier alpha value is -0.0200. The van der Waals surface area contributed by atoms with E-state index in [2.05, 4.69) is 19.6 Å². The maximum atomic E-state index is 10.7. The molecule has 2 nitrogen and oxygen atoms in total. The van der Waals surface area contributed by atoms with Gasteiger partial charge in [-0.05, 0) is 19.8 Å². The molecular weight excluding hydrogens is 160 g/mol. The number of hydrogen-bond donors (Lipinski definition) is 2. The first kappa shape index (κ1) is 11.0. The predicted octanol–water partition coefficient (Wildman–Crippen LogP) is 1.77. The van der Waals surface area contributed by atoms with E-state index in [1.807, 2.05) is 0 Å². The van der Waals surface area contributed by atoms with Crippen LogP contribution >= 0.6 is 12.6 Å². The topological polar surface area (TPSA) is 37.3 Å². The lowest BCUT2D eigenvalue weighted by Gasteiger charge is -2.17. The SMILES string of the molecule is CCCCCC(O)(S)C(C)=O. The van der Waals surface area contributed by atoms with E-state index in [4.69, 9.17) is 0 Å². The fraction of sp³-hybridized carbons (Fsp3) is 0.875. The van der Waals surface area contributed by atoms with E-state index in [9.17, 15) is 9.90 Å². The van der Waals surface area contributed by atoms with Crippen molar-refractivity contribution in [1.29, 1.82) is 0 Å². The number of carbonyl (C=O) groups is 1. The number of hydrogen-bond acceptors (Lipinski definition) is 3. The van der Waals surface area contributed by atoms with Crippen LogP contribution in [0.2, 0.25) is 0 Å². The molecule has 0 heterocycles. The fourth-order valence-corrected chi connectivity index (χ4v) is 0.956. The summed E-state index contributed by atoms with van der Waals surface area (Å²) in [6.07, 6.45) is 3.44. The van der Waals surface area contributed by atoms with Crippen molar-refractivity contribution in [3.05, 3.63) is 0 Å². The summed E-state index contributed by atoms with van der Waals surface area (Å²) in [5, 5.41) is 9.33. The molecule has 0 aromatic heterocycles. The minimum absolute atomic E-state index is 0.267. The van der Waals surface area contributed by atoms with Crippen LogP contribution in [0.1, 0.15) is 39.5 Å². The largest absolute Gasteiger partial charge is 0.372 e. The molecule has 0 fully saturated rings. The summed E-state index contributed by atoms with van der Waals surface area (Å²) in [4.78, 5) is 9.34. The van der Waals surface area contributed by atoms with E-state index in [1.54, 1.807) is 0 Å². The number of thiol groups is 1. The van der Waals surface area contributed by atoms with Crippen molar-refractivity contribution < 1.29 is 9.90 Å². The van der Waals surface area contributed by atoms with Crippen molar-refractivity contribution >= 4 is 18.4 Å². The fourth-order valence-electron chi connectivity index (χ4n) is 0.798. The molecule has 0 bridgehead atoms. The van der Waals surface area contributed by atoms with Crippen molar-refractivity contribution in [1.82, 2.24) is 0 Å². The first-order chi connectivity index (χ1) is 5.00. The smallest absolute Gasteiger partial charge is 0.171 e. The van der Waals surface area contributed by atoms with Crippen LogP contribution < -0.4 is 0 Å². The van der Waals surface area contributed by atoms with E-state index in [0.717, 1.165) is 19.3 Å². The third kappa shape index (κ3) is 4.43. The van der Waals surface area contributed by atoms with Gasteiger partial charge in [-0.15, -0.1) is 12.6 Å². The lowest BCUT2D eigenvalue weighted by molar-refractivity contribution is -0.127. The maximum absolute atomic E-state index is 10.7. The van der Waals surface area contributed by atoms with Gasteiger partial charge in [-0.25, -0.2) is 0 Å². The molecule has 66 valence electrons. The number of Topliss-reactive ketones (excluding diaryl/α,β-unsaturated/α-hetero) is 1. The van der Waals surface area contributed by atoms with Crippen LogP contribution in [0, 0.1) is 0 Å². The Morgan fingerprint density at radius 2 is 2.09 bits per heavy atom. The number of unbranched alkanes of at least 4 members (excludes halogenated alkanes) is 2. The second-order valence-electron chi connectivity index (χ2n) is 2.83. The van der Waals surface area contributed by atoms with Crippen molar-refractivity contribution in [3.8, 4) is 0 Å². The van der Waals surface area contributed by atoms with Gasteiger partial charge in [0.05, 0.1) is 0 Å². The Kier molecular flexibility index (Phi) is 4.77. The molecule has 0 aromatic rings. The quantitative estimate of drug-likeness (QED) is 0.380. The molecule has 0 aliphatic carbocycles. The third-order valence-electron chi connectivity index (χ3n) is 1.69. The molecular formula is C8H16O2S. The molecule has 0 spiro atoms. The van der Waals surface area contributed by atoms with E-state index in [-0.39, 0.29) is 5.78 Å². The van der Waals surface area contributed by atoms with Crippen molar-refractivity contribution in [3.63, 3.8) is 0 Å². The van der Waals surface area contributed by atoms with Crippen LogP contribution in [0.5, 0.6) is 0 Å². The average molecular weight is 176 g/mol. The number of aliphatic hydroxyl groups is 1. The molecule has 0 aliphatic heterocycles. The van der Waals surface area contributed by atoms with Gasteiger partial charge in [-0.1, -0.05) is 19.8 Å². The molecule has 0 amide bonds. The molecule has 0 aliphatic rings. The van der Waals surface area contributed by atoms with Crippen LogP contribution in [-0.4, -0.2) is 15.8 Å². The van der Waals surface area contributed by atoms with E-state index >= 15 is 0 Å². The van der Waals surface area contributed by atoms with Gasteiger partial charge in [-0.2, -0.15) is 0 Å². The summed E-state index contributed by atoms with van der Waals surface area (Å²) < 4.78 is 0. The maximum Gasteiger partial charge on any atom is 0.171 e. The van der Waals surface area contributed by atoms with Crippen LogP contribution in [0.25, 0.3) is 0 Å². The average Bonchev–Trinajstić information content (AvgIpc) is 1.88. The summed E-state index contributed by atoms with van der Waals surface area (Å²) in [6.45, 7) is 3.43. The molecule has 0 aromatic carbocycles. The van der Waals surface area contributed by atoms with Gasteiger partial charge < -0.3 is 5.11 Å². The minimum atomic E-state index is -1.39. The Balaban J connectivity index is 3.64. The zero-order valence-electron chi connectivity index (χ0n) is 7.13. The summed E-state index contributed by atoms with van der Waals surface area (Å²) in [5.74, 6) is -0.267. The summed E-state index contributed by atoms with van der Waals surface area (Å²) in [6, 6.07) is 0. The Morgan fingerprint density at radius 1 is 1.55 bits per heavy atom. The summed E-state index contributed by atoms with van der Waals surface area (Å²) in [5.41, 5.74) is 0. The standard InChI is InChI=1S/C8H16O2S/c1-3-4-5-6-8(10,11)7(2)9/h10-11H,3-6H2,1-2H3. The highest BCUT2D eigenvalue weighted by molar-refractivity contribution is 7.82. The Labute approximate surface area is 73.4 Å². The highest BCUT2D eigenvalue weighted by atomic mass is 32.1. The molecule has 1 atom stereocenters. The zero-order valence-corrected chi connectivity index (χ0v) is 8.03. The molecule has 0 radical (unpaired) electrons. The van der Waals surface area contributed by atoms with Gasteiger partial charge in [0.15, 0.2) is 10.7 Å². The van der Waals surface area contributed by atoms with Gasteiger partial charge in [0.2, 0.25) is 0 Å². The number of carbonyl (C=O) groups excluding carboxylic acids is 1. The molecule has 0 rings (SSSR count). The molecule has 1 unspecified atom stereocenters. The highest BCUT2D eigenvalue weighted by Crippen LogP contribution is 2.19. The van der Waals surface area contributed by atoms with Crippen molar-refractivity contribution in [2.75, 3.05) is 0 Å². The van der Waals surface area contributed by atoms with Gasteiger partial charge in [0.25, 0.3) is 0 Å². The van der Waals surface area contributed by atoms with E-state index in [1.165, 1.54) is 6.92 Å². The van der Waals surface area contributed by atoms with Crippen LogP contribution in [0.15, 0.2) is 0 Å². The van der Waals surface area contributed by atoms with Crippen molar-refractivity contribution in [2.45, 2.75) is 44.5 Å². The molecule has 11 heavy (non-hydrogen) atoms. The number of ketones is 1. The molecule has 3 heteroatoms. The van der Waals surface area contributed by atoms with Crippen LogP contribution in [-0.2, 0) is 4.79 Å². The van der Waals surface area contributed by atoms with E-state index in [0.29, 0.717) is 6.42 Å². The summed E-state index contributed by atoms with van der Waals surface area (Å²) in [7, 11) is 0.